The summed E-state index contributed by atoms with van der Waals surface area (Å²) in [7, 11) is 0. The number of carbonyl (C=O) groups is 3. The average molecular weight is 358 g/mol. The van der Waals surface area contributed by atoms with Crippen molar-refractivity contribution in [3.63, 3.8) is 0 Å². The summed E-state index contributed by atoms with van der Waals surface area (Å²) in [5.41, 5.74) is 1.08. The monoisotopic (exact) mass is 358 g/mol. The highest BCUT2D eigenvalue weighted by molar-refractivity contribution is 7.98. The van der Waals surface area contributed by atoms with E-state index in [4.69, 9.17) is 4.74 Å². The van der Waals surface area contributed by atoms with Crippen LogP contribution in [0.4, 0.5) is 5.69 Å². The Morgan fingerprint density at radius 1 is 1.12 bits per heavy atom. The zero-order valence-corrected chi connectivity index (χ0v) is 14.9. The van der Waals surface area contributed by atoms with Crippen molar-refractivity contribution in [3.05, 3.63) is 53.7 Å². The number of thioether (sulfide) groups is 1. The summed E-state index contributed by atoms with van der Waals surface area (Å²) in [6.45, 7) is 2.89. The normalized spacial score (nSPS) is 11.5. The van der Waals surface area contributed by atoms with Crippen LogP contribution in [0.5, 0.6) is 0 Å². The van der Waals surface area contributed by atoms with E-state index >= 15 is 0 Å². The van der Waals surface area contributed by atoms with Gasteiger partial charge in [-0.05, 0) is 44.4 Å². The highest BCUT2D eigenvalue weighted by Gasteiger charge is 2.22. The molecule has 0 saturated heterocycles. The lowest BCUT2D eigenvalue weighted by Gasteiger charge is -2.15. The molecule has 0 aliphatic heterocycles. The zero-order valence-electron chi connectivity index (χ0n) is 14.1. The van der Waals surface area contributed by atoms with Crippen molar-refractivity contribution in [1.29, 1.82) is 0 Å². The first-order chi connectivity index (χ1) is 11.9. The van der Waals surface area contributed by atoms with Crippen molar-refractivity contribution in [1.82, 2.24) is 4.98 Å². The predicted molar refractivity (Wildman–Crippen MR) is 96.0 cm³/mol. The number of rotatable bonds is 6. The molecule has 25 heavy (non-hydrogen) atoms. The van der Waals surface area contributed by atoms with Crippen molar-refractivity contribution in [2.45, 2.75) is 25.0 Å². The molecule has 7 heteroatoms. The molecule has 1 N–H and O–H groups in total. The first-order valence-electron chi connectivity index (χ1n) is 7.55. The lowest BCUT2D eigenvalue weighted by atomic mass is 10.1. The summed E-state index contributed by atoms with van der Waals surface area (Å²) in [6, 6.07) is 9.88. The molecule has 1 atom stereocenters. The Labute approximate surface area is 150 Å². The molecule has 2 rings (SSSR count). The Hall–Kier alpha value is -2.67. The van der Waals surface area contributed by atoms with Crippen molar-refractivity contribution in [2.75, 3.05) is 11.6 Å². The molecule has 0 radical (unpaired) electrons. The first kappa shape index (κ1) is 18.7. The second-order valence-corrected chi connectivity index (χ2v) is 5.99. The number of anilines is 1. The SMILES string of the molecule is CSc1ncccc1C(=O)O[C@@H](C)C(=O)Nc1ccccc1C(C)=O. The van der Waals surface area contributed by atoms with Gasteiger partial charge >= 0.3 is 5.97 Å². The minimum atomic E-state index is -1.03. The number of Topliss-reactive ketones (excluding diaryl/α,β-unsaturated/α-hetero) is 1. The topological polar surface area (TPSA) is 85.4 Å². The summed E-state index contributed by atoms with van der Waals surface area (Å²) in [5, 5.41) is 3.15. The second-order valence-electron chi connectivity index (χ2n) is 5.20. The van der Waals surface area contributed by atoms with Gasteiger partial charge in [-0.2, -0.15) is 0 Å². The van der Waals surface area contributed by atoms with E-state index in [9.17, 15) is 14.4 Å². The number of benzene rings is 1. The number of carbonyl (C=O) groups excluding carboxylic acids is 3. The number of hydrogen-bond donors (Lipinski definition) is 1. The third-order valence-corrected chi connectivity index (χ3v) is 4.11. The molecule has 1 aromatic heterocycles. The number of ketones is 1. The number of esters is 1. The highest BCUT2D eigenvalue weighted by Crippen LogP contribution is 2.19. The number of nitrogens with one attached hydrogen (secondary N) is 1. The quantitative estimate of drug-likeness (QED) is 0.485. The lowest BCUT2D eigenvalue weighted by Crippen LogP contribution is -2.30. The van der Waals surface area contributed by atoms with Crippen molar-refractivity contribution in [3.8, 4) is 0 Å². The molecule has 130 valence electrons. The summed E-state index contributed by atoms with van der Waals surface area (Å²) in [4.78, 5) is 40.2. The zero-order chi connectivity index (χ0) is 18.4. The maximum absolute atomic E-state index is 12.3. The van der Waals surface area contributed by atoms with Gasteiger partial charge in [-0.15, -0.1) is 11.8 Å². The van der Waals surface area contributed by atoms with Crippen LogP contribution in [0.15, 0.2) is 47.6 Å². The van der Waals surface area contributed by atoms with Gasteiger partial charge in [0.25, 0.3) is 5.91 Å². The number of ether oxygens (including phenoxy) is 1. The van der Waals surface area contributed by atoms with Gasteiger partial charge in [-0.3, -0.25) is 9.59 Å². The first-order valence-corrected chi connectivity index (χ1v) is 8.77. The Kier molecular flexibility index (Phi) is 6.30. The molecule has 0 aliphatic rings. The van der Waals surface area contributed by atoms with E-state index in [2.05, 4.69) is 10.3 Å². The molecule has 0 fully saturated rings. The van der Waals surface area contributed by atoms with E-state index in [1.54, 1.807) is 48.9 Å². The van der Waals surface area contributed by atoms with E-state index in [0.717, 1.165) is 0 Å². The predicted octanol–water partition coefficient (Wildman–Crippen LogP) is 3.19. The molecule has 1 amide bonds. The van der Waals surface area contributed by atoms with Crippen LogP contribution in [0, 0.1) is 0 Å². The Bertz CT molecular complexity index is 807. The van der Waals surface area contributed by atoms with Gasteiger partial charge in [-0.1, -0.05) is 12.1 Å². The van der Waals surface area contributed by atoms with E-state index in [1.807, 2.05) is 0 Å². The maximum atomic E-state index is 12.3. The molecule has 0 bridgehead atoms. The molecule has 2 aromatic rings. The van der Waals surface area contributed by atoms with Gasteiger partial charge in [-0.25, -0.2) is 9.78 Å². The fourth-order valence-corrected chi connectivity index (χ4v) is 2.66. The number of pyridine rings is 1. The Balaban J connectivity index is 2.08. The number of hydrogen-bond acceptors (Lipinski definition) is 6. The number of amides is 1. The minimum Gasteiger partial charge on any atom is -0.449 e. The number of para-hydroxylation sites is 1. The van der Waals surface area contributed by atoms with Crippen molar-refractivity contribution >= 4 is 35.1 Å². The lowest BCUT2D eigenvalue weighted by molar-refractivity contribution is -0.123. The third kappa shape index (κ3) is 4.67. The highest BCUT2D eigenvalue weighted by atomic mass is 32.2. The van der Waals surface area contributed by atoms with Crippen LogP contribution < -0.4 is 5.32 Å². The van der Waals surface area contributed by atoms with Gasteiger partial charge in [0.2, 0.25) is 0 Å². The Morgan fingerprint density at radius 3 is 2.48 bits per heavy atom. The smallest absolute Gasteiger partial charge is 0.341 e. The van der Waals surface area contributed by atoms with Crippen LogP contribution >= 0.6 is 11.8 Å². The number of nitrogens with zero attached hydrogens (tertiary/aromatic N) is 1. The molecule has 1 heterocycles. The second kappa shape index (κ2) is 8.43. The molecular weight excluding hydrogens is 340 g/mol. The molecule has 0 aliphatic carbocycles. The maximum Gasteiger partial charge on any atom is 0.341 e. The summed E-state index contributed by atoms with van der Waals surface area (Å²) in [6.07, 6.45) is 2.35. The molecule has 1 aromatic carbocycles. The molecule has 6 nitrogen and oxygen atoms in total. The van der Waals surface area contributed by atoms with Gasteiger partial charge < -0.3 is 10.1 Å². The summed E-state index contributed by atoms with van der Waals surface area (Å²) < 4.78 is 5.22. The van der Waals surface area contributed by atoms with Gasteiger partial charge in [0.05, 0.1) is 11.3 Å². The Morgan fingerprint density at radius 2 is 1.80 bits per heavy atom. The van der Waals surface area contributed by atoms with Crippen molar-refractivity contribution in [2.24, 2.45) is 0 Å². The number of aromatic nitrogens is 1. The standard InChI is InChI=1S/C18H18N2O4S/c1-11(21)13-7-4-5-9-15(13)20-16(22)12(2)24-18(23)14-8-6-10-19-17(14)25-3/h4-10,12H,1-3H3,(H,20,22)/t12-/m0/s1. The summed E-state index contributed by atoms with van der Waals surface area (Å²) >= 11 is 1.32. The minimum absolute atomic E-state index is 0.166. The van der Waals surface area contributed by atoms with Gasteiger partial charge in [0.15, 0.2) is 11.9 Å². The van der Waals surface area contributed by atoms with Gasteiger partial charge in [0.1, 0.15) is 5.03 Å². The van der Waals surface area contributed by atoms with Gasteiger partial charge in [0, 0.05) is 11.8 Å². The molecule has 0 spiro atoms. The van der Waals surface area contributed by atoms with Crippen LogP contribution in [-0.4, -0.2) is 35.0 Å². The van der Waals surface area contributed by atoms with E-state index < -0.39 is 18.0 Å². The molecule has 0 saturated carbocycles. The van der Waals surface area contributed by atoms with Crippen LogP contribution in [-0.2, 0) is 9.53 Å². The van der Waals surface area contributed by atoms with E-state index in [1.165, 1.54) is 25.6 Å². The van der Waals surface area contributed by atoms with Crippen LogP contribution in [0.1, 0.15) is 34.6 Å². The van der Waals surface area contributed by atoms with Crippen LogP contribution in [0.2, 0.25) is 0 Å². The fourth-order valence-electron chi connectivity index (χ4n) is 2.12. The third-order valence-electron chi connectivity index (χ3n) is 3.40. The van der Waals surface area contributed by atoms with Crippen LogP contribution in [0.3, 0.4) is 0 Å². The summed E-state index contributed by atoms with van der Waals surface area (Å²) in [5.74, 6) is -1.31. The van der Waals surface area contributed by atoms with Crippen molar-refractivity contribution < 1.29 is 19.1 Å². The average Bonchev–Trinajstić information content (AvgIpc) is 2.61. The fraction of sp³-hybridized carbons (Fsp3) is 0.222. The molecule has 0 unspecified atom stereocenters. The van der Waals surface area contributed by atoms with Crippen LogP contribution in [0.25, 0.3) is 0 Å². The van der Waals surface area contributed by atoms with E-state index in [0.29, 0.717) is 21.8 Å². The largest absolute Gasteiger partial charge is 0.449 e. The van der Waals surface area contributed by atoms with E-state index in [-0.39, 0.29) is 5.78 Å². The molecular formula is C18H18N2O4S.